The van der Waals surface area contributed by atoms with Crippen molar-refractivity contribution in [2.75, 3.05) is 7.05 Å². The summed E-state index contributed by atoms with van der Waals surface area (Å²) in [6.45, 7) is 3.17. The first-order valence-corrected chi connectivity index (χ1v) is 8.33. The van der Waals surface area contributed by atoms with Crippen LogP contribution in [0.25, 0.3) is 0 Å². The smallest absolute Gasteiger partial charge is 0.0568 e. The third-order valence-electron chi connectivity index (χ3n) is 6.31. The van der Waals surface area contributed by atoms with Crippen molar-refractivity contribution in [3.63, 3.8) is 0 Å². The zero-order chi connectivity index (χ0) is 13.7. The number of nitrogens with zero attached hydrogens (tertiary/aromatic N) is 2. The van der Waals surface area contributed by atoms with Crippen molar-refractivity contribution >= 4 is 0 Å². The molecule has 4 fully saturated rings. The molecule has 4 saturated carbocycles. The van der Waals surface area contributed by atoms with Crippen LogP contribution in [0, 0.1) is 30.1 Å². The SMILES string of the molecule is CNC(Cn1cc(C)cn1)C12CC3CC(CC(C3)C1)C2. The summed E-state index contributed by atoms with van der Waals surface area (Å²) in [6.07, 6.45) is 13.1. The van der Waals surface area contributed by atoms with E-state index in [0.29, 0.717) is 11.5 Å². The first-order valence-electron chi connectivity index (χ1n) is 8.33. The molecular formula is C17H27N3. The molecule has 4 aliphatic carbocycles. The lowest BCUT2D eigenvalue weighted by atomic mass is 9.47. The molecule has 1 aromatic rings. The van der Waals surface area contributed by atoms with E-state index in [1.165, 1.54) is 44.1 Å². The number of likely N-dealkylation sites (N-methyl/N-ethyl adjacent to an activating group) is 1. The minimum absolute atomic E-state index is 0.559. The van der Waals surface area contributed by atoms with Crippen LogP contribution < -0.4 is 5.32 Å². The summed E-state index contributed by atoms with van der Waals surface area (Å²) in [4.78, 5) is 0. The normalized spacial score (nSPS) is 40.2. The van der Waals surface area contributed by atoms with E-state index in [0.717, 1.165) is 24.3 Å². The fourth-order valence-electron chi connectivity index (χ4n) is 5.95. The number of hydrogen-bond acceptors (Lipinski definition) is 2. The first kappa shape index (κ1) is 12.9. The average molecular weight is 273 g/mol. The number of rotatable bonds is 4. The van der Waals surface area contributed by atoms with Crippen LogP contribution in [0.5, 0.6) is 0 Å². The summed E-state index contributed by atoms with van der Waals surface area (Å²) < 4.78 is 2.15. The average Bonchev–Trinajstić information content (AvgIpc) is 2.80. The fraction of sp³-hybridized carbons (Fsp3) is 0.824. The Labute approximate surface area is 122 Å². The van der Waals surface area contributed by atoms with Crippen LogP contribution in [0.1, 0.15) is 44.1 Å². The van der Waals surface area contributed by atoms with Gasteiger partial charge in [0.15, 0.2) is 0 Å². The highest BCUT2D eigenvalue weighted by atomic mass is 15.3. The maximum atomic E-state index is 4.51. The van der Waals surface area contributed by atoms with Gasteiger partial charge in [0, 0.05) is 12.2 Å². The molecule has 110 valence electrons. The zero-order valence-corrected chi connectivity index (χ0v) is 12.8. The molecule has 4 bridgehead atoms. The Hall–Kier alpha value is -0.830. The predicted molar refractivity (Wildman–Crippen MR) is 80.4 cm³/mol. The van der Waals surface area contributed by atoms with Gasteiger partial charge < -0.3 is 5.32 Å². The van der Waals surface area contributed by atoms with Gasteiger partial charge in [-0.2, -0.15) is 5.10 Å². The van der Waals surface area contributed by atoms with Gasteiger partial charge >= 0.3 is 0 Å². The van der Waals surface area contributed by atoms with E-state index >= 15 is 0 Å². The standard InChI is InChI=1S/C17H27N3/c1-12-9-19-20(10-12)11-16(18-2)17-6-13-3-14(7-17)5-15(4-13)8-17/h9-10,13-16,18H,3-8,11H2,1-2H3. The second-order valence-electron chi connectivity index (χ2n) is 7.86. The molecule has 3 heteroatoms. The Morgan fingerprint density at radius 2 is 1.85 bits per heavy atom. The van der Waals surface area contributed by atoms with Gasteiger partial charge in [0.25, 0.3) is 0 Å². The lowest BCUT2D eigenvalue weighted by Gasteiger charge is -2.59. The van der Waals surface area contributed by atoms with E-state index in [1.54, 1.807) is 0 Å². The molecule has 0 amide bonds. The van der Waals surface area contributed by atoms with Crippen LogP contribution in [-0.4, -0.2) is 22.9 Å². The molecule has 1 N–H and O–H groups in total. The van der Waals surface area contributed by atoms with Crippen molar-refractivity contribution in [3.8, 4) is 0 Å². The summed E-state index contributed by atoms with van der Waals surface area (Å²) in [5, 5.41) is 8.16. The summed E-state index contributed by atoms with van der Waals surface area (Å²) in [5.41, 5.74) is 1.83. The molecule has 20 heavy (non-hydrogen) atoms. The van der Waals surface area contributed by atoms with E-state index in [-0.39, 0.29) is 0 Å². The number of hydrogen-bond donors (Lipinski definition) is 1. The molecule has 1 heterocycles. The number of aryl methyl sites for hydroxylation is 1. The van der Waals surface area contributed by atoms with E-state index in [4.69, 9.17) is 0 Å². The molecule has 0 aliphatic heterocycles. The van der Waals surface area contributed by atoms with Gasteiger partial charge in [-0.05, 0) is 81.2 Å². The van der Waals surface area contributed by atoms with Crippen LogP contribution in [0.15, 0.2) is 12.4 Å². The molecular weight excluding hydrogens is 246 g/mol. The first-order chi connectivity index (χ1) is 9.67. The van der Waals surface area contributed by atoms with E-state index < -0.39 is 0 Å². The fourth-order valence-corrected chi connectivity index (χ4v) is 5.95. The van der Waals surface area contributed by atoms with Gasteiger partial charge in [0.1, 0.15) is 0 Å². The topological polar surface area (TPSA) is 29.9 Å². The van der Waals surface area contributed by atoms with E-state index in [9.17, 15) is 0 Å². The Morgan fingerprint density at radius 3 is 2.30 bits per heavy atom. The van der Waals surface area contributed by atoms with Crippen LogP contribution in [0.4, 0.5) is 0 Å². The maximum absolute atomic E-state index is 4.51. The van der Waals surface area contributed by atoms with Crippen LogP contribution in [0.2, 0.25) is 0 Å². The van der Waals surface area contributed by atoms with Gasteiger partial charge in [-0.3, -0.25) is 4.68 Å². The van der Waals surface area contributed by atoms with Gasteiger partial charge in [0.05, 0.1) is 12.7 Å². The molecule has 1 aromatic heterocycles. The molecule has 5 rings (SSSR count). The summed E-state index contributed by atoms with van der Waals surface area (Å²) in [5.74, 6) is 3.07. The van der Waals surface area contributed by atoms with E-state index in [2.05, 4.69) is 35.3 Å². The maximum Gasteiger partial charge on any atom is 0.0568 e. The van der Waals surface area contributed by atoms with Crippen molar-refractivity contribution in [2.24, 2.45) is 23.2 Å². The molecule has 0 spiro atoms. The van der Waals surface area contributed by atoms with Crippen LogP contribution in [0.3, 0.4) is 0 Å². The third-order valence-corrected chi connectivity index (χ3v) is 6.31. The zero-order valence-electron chi connectivity index (χ0n) is 12.8. The van der Waals surface area contributed by atoms with Crippen molar-refractivity contribution in [3.05, 3.63) is 18.0 Å². The Kier molecular flexibility index (Phi) is 2.95. The summed E-state index contributed by atoms with van der Waals surface area (Å²) in [7, 11) is 2.15. The second-order valence-corrected chi connectivity index (χ2v) is 7.86. The minimum atomic E-state index is 0.559. The van der Waals surface area contributed by atoms with Gasteiger partial charge in [-0.25, -0.2) is 0 Å². The van der Waals surface area contributed by atoms with E-state index in [1.807, 2.05) is 6.20 Å². The molecule has 3 nitrogen and oxygen atoms in total. The summed E-state index contributed by atoms with van der Waals surface area (Å²) in [6, 6.07) is 0.593. The molecule has 1 unspecified atom stereocenters. The highest BCUT2D eigenvalue weighted by molar-refractivity contribution is 5.07. The van der Waals surface area contributed by atoms with Crippen LogP contribution >= 0.6 is 0 Å². The highest BCUT2D eigenvalue weighted by Gasteiger charge is 2.53. The summed E-state index contributed by atoms with van der Waals surface area (Å²) >= 11 is 0. The minimum Gasteiger partial charge on any atom is -0.315 e. The Morgan fingerprint density at radius 1 is 1.25 bits per heavy atom. The van der Waals surface area contributed by atoms with Gasteiger partial charge in [-0.15, -0.1) is 0 Å². The molecule has 0 saturated heterocycles. The van der Waals surface area contributed by atoms with Gasteiger partial charge in [-0.1, -0.05) is 0 Å². The molecule has 0 aromatic carbocycles. The van der Waals surface area contributed by atoms with Crippen molar-refractivity contribution in [1.82, 2.24) is 15.1 Å². The second kappa shape index (κ2) is 4.59. The van der Waals surface area contributed by atoms with Crippen molar-refractivity contribution in [2.45, 2.75) is 58.0 Å². The van der Waals surface area contributed by atoms with Crippen molar-refractivity contribution < 1.29 is 0 Å². The number of nitrogens with one attached hydrogen (secondary N) is 1. The molecule has 4 aliphatic rings. The van der Waals surface area contributed by atoms with Gasteiger partial charge in [0.2, 0.25) is 0 Å². The van der Waals surface area contributed by atoms with Crippen molar-refractivity contribution in [1.29, 1.82) is 0 Å². The third kappa shape index (κ3) is 2.02. The Balaban J connectivity index is 1.57. The monoisotopic (exact) mass is 273 g/mol. The number of aromatic nitrogens is 2. The lowest BCUT2D eigenvalue weighted by Crippen LogP contribution is -2.56. The predicted octanol–water partition coefficient (Wildman–Crippen LogP) is 3.00. The lowest BCUT2D eigenvalue weighted by molar-refractivity contribution is -0.0759. The quantitative estimate of drug-likeness (QED) is 0.914. The molecule has 1 atom stereocenters. The van der Waals surface area contributed by atoms with Crippen LogP contribution in [-0.2, 0) is 6.54 Å². The Bertz CT molecular complexity index is 455. The largest absolute Gasteiger partial charge is 0.315 e. The highest BCUT2D eigenvalue weighted by Crippen LogP contribution is 2.61. The molecule has 0 radical (unpaired) electrons.